The zero-order chi connectivity index (χ0) is 17.3. The molecule has 6 heteroatoms. The predicted octanol–water partition coefficient (Wildman–Crippen LogP) is 2.88. The molecule has 0 atom stereocenters. The second-order valence-electron chi connectivity index (χ2n) is 5.01. The van der Waals surface area contributed by atoms with Gasteiger partial charge >= 0.3 is 0 Å². The summed E-state index contributed by atoms with van der Waals surface area (Å²) in [4.78, 5) is 23.5. The maximum Gasteiger partial charge on any atom is 0.164 e. The van der Waals surface area contributed by atoms with Crippen molar-refractivity contribution in [3.8, 4) is 34.1 Å². The average Bonchev–Trinajstić information content (AvgIpc) is 2.48. The van der Waals surface area contributed by atoms with Crippen molar-refractivity contribution in [2.24, 2.45) is 0 Å². The summed E-state index contributed by atoms with van der Waals surface area (Å²) in [7, 11) is 1.35. The van der Waals surface area contributed by atoms with Gasteiger partial charge in [-0.2, -0.15) is 0 Å². The first-order chi connectivity index (χ1) is 10.8. The van der Waals surface area contributed by atoms with Crippen LogP contribution in [0.25, 0.3) is 11.1 Å². The van der Waals surface area contributed by atoms with Crippen molar-refractivity contribution in [1.82, 2.24) is 0 Å². The molecule has 0 fully saturated rings. The van der Waals surface area contributed by atoms with Crippen LogP contribution < -0.4 is 4.74 Å². The Kier molecular flexibility index (Phi) is 4.27. The van der Waals surface area contributed by atoms with Gasteiger partial charge in [0, 0.05) is 5.56 Å². The molecule has 0 bridgehead atoms. The van der Waals surface area contributed by atoms with Gasteiger partial charge in [-0.05, 0) is 38.1 Å². The highest BCUT2D eigenvalue weighted by Gasteiger charge is 2.26. The molecule has 0 spiro atoms. The van der Waals surface area contributed by atoms with Crippen molar-refractivity contribution in [3.63, 3.8) is 0 Å². The number of carbonyl (C=O) groups is 2. The van der Waals surface area contributed by atoms with Gasteiger partial charge in [-0.25, -0.2) is 0 Å². The first-order valence-electron chi connectivity index (χ1n) is 6.76. The SMILES string of the molecule is COc1ccc(C(C)=O)c(O)c1-c1c(O)ccc(O)c1C(C)=O. The fourth-order valence-corrected chi connectivity index (χ4v) is 2.46. The molecule has 0 saturated heterocycles. The van der Waals surface area contributed by atoms with E-state index < -0.39 is 17.3 Å². The third-order valence-corrected chi connectivity index (χ3v) is 3.50. The van der Waals surface area contributed by atoms with Crippen LogP contribution in [0.4, 0.5) is 0 Å². The molecule has 0 saturated carbocycles. The fourth-order valence-electron chi connectivity index (χ4n) is 2.46. The van der Waals surface area contributed by atoms with E-state index in [0.29, 0.717) is 0 Å². The van der Waals surface area contributed by atoms with Crippen LogP contribution in [-0.4, -0.2) is 34.0 Å². The number of phenols is 3. The molecular formula is C17H16O6. The Labute approximate surface area is 132 Å². The lowest BCUT2D eigenvalue weighted by Crippen LogP contribution is -2.02. The number of phenolic OH excluding ortho intramolecular Hbond substituents is 3. The topological polar surface area (TPSA) is 104 Å². The van der Waals surface area contributed by atoms with Crippen molar-refractivity contribution in [2.45, 2.75) is 13.8 Å². The van der Waals surface area contributed by atoms with Crippen LogP contribution in [-0.2, 0) is 0 Å². The minimum Gasteiger partial charge on any atom is -0.507 e. The van der Waals surface area contributed by atoms with Crippen molar-refractivity contribution in [2.75, 3.05) is 7.11 Å². The summed E-state index contributed by atoms with van der Waals surface area (Å²) >= 11 is 0. The third kappa shape index (κ3) is 2.70. The zero-order valence-electron chi connectivity index (χ0n) is 12.9. The molecule has 2 rings (SSSR count). The molecule has 3 N–H and O–H groups in total. The second-order valence-corrected chi connectivity index (χ2v) is 5.01. The van der Waals surface area contributed by atoms with Crippen LogP contribution in [0.1, 0.15) is 34.6 Å². The van der Waals surface area contributed by atoms with E-state index in [-0.39, 0.29) is 39.5 Å². The Bertz CT molecular complexity index is 807. The minimum absolute atomic E-state index is 0.0121. The van der Waals surface area contributed by atoms with Crippen molar-refractivity contribution < 1.29 is 29.6 Å². The van der Waals surface area contributed by atoms with Crippen LogP contribution in [0.2, 0.25) is 0 Å². The Balaban J connectivity index is 2.97. The van der Waals surface area contributed by atoms with Crippen molar-refractivity contribution >= 4 is 11.6 Å². The quantitative estimate of drug-likeness (QED) is 0.592. The number of carbonyl (C=O) groups excluding carboxylic acids is 2. The summed E-state index contributed by atoms with van der Waals surface area (Å²) in [6, 6.07) is 5.19. The number of methoxy groups -OCH3 is 1. The van der Waals surface area contributed by atoms with Crippen LogP contribution in [0.5, 0.6) is 23.0 Å². The zero-order valence-corrected chi connectivity index (χ0v) is 12.9. The van der Waals surface area contributed by atoms with Gasteiger partial charge in [-0.15, -0.1) is 0 Å². The number of Topliss-reactive ketones (excluding diaryl/α,β-unsaturated/α-hetero) is 2. The van der Waals surface area contributed by atoms with Crippen LogP contribution in [0, 0.1) is 0 Å². The molecule has 6 nitrogen and oxygen atoms in total. The summed E-state index contributed by atoms with van der Waals surface area (Å²) in [6.07, 6.45) is 0. The number of benzene rings is 2. The minimum atomic E-state index is -0.511. The Morgan fingerprint density at radius 2 is 1.48 bits per heavy atom. The molecule has 0 aliphatic carbocycles. The number of rotatable bonds is 4. The van der Waals surface area contributed by atoms with Crippen LogP contribution >= 0.6 is 0 Å². The molecule has 0 amide bonds. The van der Waals surface area contributed by atoms with E-state index in [2.05, 4.69) is 0 Å². The van der Waals surface area contributed by atoms with Crippen molar-refractivity contribution in [3.05, 3.63) is 35.4 Å². The first-order valence-corrected chi connectivity index (χ1v) is 6.76. The monoisotopic (exact) mass is 316 g/mol. The normalized spacial score (nSPS) is 10.4. The second kappa shape index (κ2) is 6.00. The highest BCUT2D eigenvalue weighted by molar-refractivity contribution is 6.08. The van der Waals surface area contributed by atoms with Crippen molar-refractivity contribution in [1.29, 1.82) is 0 Å². The van der Waals surface area contributed by atoms with E-state index in [0.717, 1.165) is 0 Å². The predicted molar refractivity (Wildman–Crippen MR) is 83.4 cm³/mol. The lowest BCUT2D eigenvalue weighted by atomic mass is 9.92. The van der Waals surface area contributed by atoms with Crippen LogP contribution in [0.3, 0.4) is 0 Å². The highest BCUT2D eigenvalue weighted by atomic mass is 16.5. The maximum absolute atomic E-state index is 11.9. The van der Waals surface area contributed by atoms with E-state index in [4.69, 9.17) is 4.74 Å². The van der Waals surface area contributed by atoms with Gasteiger partial charge in [0.25, 0.3) is 0 Å². The molecule has 0 aliphatic rings. The smallest absolute Gasteiger partial charge is 0.164 e. The molecule has 2 aromatic carbocycles. The molecule has 0 aromatic heterocycles. The van der Waals surface area contributed by atoms with Gasteiger partial charge in [-0.1, -0.05) is 0 Å². The Hall–Kier alpha value is -3.02. The summed E-state index contributed by atoms with van der Waals surface area (Å²) < 4.78 is 5.17. The van der Waals surface area contributed by atoms with E-state index in [1.54, 1.807) is 0 Å². The standard InChI is InChI=1S/C17H16O6/c1-8(18)10-4-7-13(23-3)16(17(10)22)15-12(21)6-5-11(20)14(15)9(2)19/h4-7,20-22H,1-3H3. The molecule has 0 aliphatic heterocycles. The molecule has 0 unspecified atom stereocenters. The largest absolute Gasteiger partial charge is 0.507 e. The molecule has 120 valence electrons. The van der Waals surface area contributed by atoms with E-state index in [1.165, 1.54) is 45.2 Å². The number of hydrogen-bond donors (Lipinski definition) is 3. The lowest BCUT2D eigenvalue weighted by molar-refractivity contribution is 0.100. The van der Waals surface area contributed by atoms with Gasteiger partial charge in [-0.3, -0.25) is 9.59 Å². The summed E-state index contributed by atoms with van der Waals surface area (Å²) in [5.74, 6) is -1.86. The van der Waals surface area contributed by atoms with E-state index in [1.807, 2.05) is 0 Å². The number of hydrogen-bond acceptors (Lipinski definition) is 6. The van der Waals surface area contributed by atoms with Gasteiger partial charge in [0.15, 0.2) is 11.6 Å². The number of ether oxygens (including phenoxy) is 1. The van der Waals surface area contributed by atoms with Gasteiger partial charge in [0.2, 0.25) is 0 Å². The lowest BCUT2D eigenvalue weighted by Gasteiger charge is -2.17. The van der Waals surface area contributed by atoms with Crippen LogP contribution in [0.15, 0.2) is 24.3 Å². The Morgan fingerprint density at radius 3 is 2.00 bits per heavy atom. The maximum atomic E-state index is 11.9. The van der Waals surface area contributed by atoms with Gasteiger partial charge in [0.05, 0.1) is 23.8 Å². The molecule has 23 heavy (non-hydrogen) atoms. The van der Waals surface area contributed by atoms with Gasteiger partial charge in [0.1, 0.15) is 23.0 Å². The third-order valence-electron chi connectivity index (χ3n) is 3.50. The number of ketones is 2. The number of aromatic hydroxyl groups is 3. The van der Waals surface area contributed by atoms with E-state index in [9.17, 15) is 24.9 Å². The summed E-state index contributed by atoms with van der Waals surface area (Å²) in [6.45, 7) is 2.50. The molecule has 0 radical (unpaired) electrons. The molecule has 0 heterocycles. The molecular weight excluding hydrogens is 300 g/mol. The highest BCUT2D eigenvalue weighted by Crippen LogP contribution is 2.47. The van der Waals surface area contributed by atoms with E-state index >= 15 is 0 Å². The average molecular weight is 316 g/mol. The fraction of sp³-hybridized carbons (Fsp3) is 0.176. The van der Waals surface area contributed by atoms with Gasteiger partial charge < -0.3 is 20.1 Å². The Morgan fingerprint density at radius 1 is 0.870 bits per heavy atom. The summed E-state index contributed by atoms with van der Waals surface area (Å²) in [5, 5.41) is 30.6. The summed E-state index contributed by atoms with van der Waals surface area (Å²) in [5.41, 5.74) is -0.272. The molecule has 2 aromatic rings. The first kappa shape index (κ1) is 16.4.